The molecule has 1 aromatic heterocycles. The first kappa shape index (κ1) is 13.4. The summed E-state index contributed by atoms with van der Waals surface area (Å²) in [6.45, 7) is 0.0519. The van der Waals surface area contributed by atoms with E-state index in [1.807, 2.05) is 0 Å². The summed E-state index contributed by atoms with van der Waals surface area (Å²) < 4.78 is 27.5. The molecular formula is C11H12BrF2N3O. The predicted octanol–water partition coefficient (Wildman–Crippen LogP) is 1.57. The summed E-state index contributed by atoms with van der Waals surface area (Å²) in [6, 6.07) is 3.63. The van der Waals surface area contributed by atoms with Crippen molar-refractivity contribution in [2.45, 2.75) is 18.4 Å². The van der Waals surface area contributed by atoms with Crippen molar-refractivity contribution in [3.05, 3.63) is 28.5 Å². The van der Waals surface area contributed by atoms with Crippen LogP contribution in [-0.4, -0.2) is 35.9 Å². The van der Waals surface area contributed by atoms with Crippen LogP contribution in [-0.2, 0) is 0 Å². The number of aromatic nitrogens is 1. The third-order valence-corrected chi connectivity index (χ3v) is 3.18. The van der Waals surface area contributed by atoms with E-state index in [1.54, 1.807) is 12.1 Å². The van der Waals surface area contributed by atoms with Gasteiger partial charge in [-0.3, -0.25) is 4.79 Å². The number of hydrogen-bond acceptors (Lipinski definition) is 3. The van der Waals surface area contributed by atoms with Gasteiger partial charge in [-0.25, -0.2) is 13.8 Å². The van der Waals surface area contributed by atoms with Gasteiger partial charge in [-0.1, -0.05) is 6.07 Å². The van der Waals surface area contributed by atoms with Gasteiger partial charge in [-0.15, -0.1) is 0 Å². The highest BCUT2D eigenvalue weighted by molar-refractivity contribution is 9.10. The van der Waals surface area contributed by atoms with Gasteiger partial charge >= 0.3 is 0 Å². The Kier molecular flexibility index (Phi) is 3.91. The molecule has 1 saturated heterocycles. The van der Waals surface area contributed by atoms with Crippen LogP contribution in [0.4, 0.5) is 8.78 Å². The number of amides is 1. The monoisotopic (exact) mass is 319 g/mol. The van der Waals surface area contributed by atoms with Crippen LogP contribution in [0.15, 0.2) is 22.8 Å². The van der Waals surface area contributed by atoms with Crippen molar-refractivity contribution < 1.29 is 13.6 Å². The Balaban J connectivity index is 2.07. The van der Waals surface area contributed by atoms with Crippen molar-refractivity contribution in [3.8, 4) is 0 Å². The molecule has 1 atom stereocenters. The van der Waals surface area contributed by atoms with Gasteiger partial charge in [0, 0.05) is 0 Å². The molecule has 0 aromatic carbocycles. The second-order valence-corrected chi connectivity index (χ2v) is 4.91. The van der Waals surface area contributed by atoms with Gasteiger partial charge in [0.05, 0.1) is 12.6 Å². The number of pyridine rings is 1. The Morgan fingerprint density at radius 2 is 2.33 bits per heavy atom. The summed E-state index contributed by atoms with van der Waals surface area (Å²) in [4.78, 5) is 15.7. The van der Waals surface area contributed by atoms with Gasteiger partial charge in [-0.2, -0.15) is 0 Å². The average Bonchev–Trinajstić information content (AvgIpc) is 2.31. The SMILES string of the molecule is O=C(NC1CCNCC1(F)F)c1cccc(Br)n1. The second-order valence-electron chi connectivity index (χ2n) is 4.10. The Labute approximate surface area is 111 Å². The van der Waals surface area contributed by atoms with E-state index >= 15 is 0 Å². The third kappa shape index (κ3) is 3.02. The van der Waals surface area contributed by atoms with Crippen LogP contribution in [0.1, 0.15) is 16.9 Å². The van der Waals surface area contributed by atoms with Gasteiger partial charge in [0.25, 0.3) is 11.8 Å². The Morgan fingerprint density at radius 3 is 3.00 bits per heavy atom. The maximum absolute atomic E-state index is 13.5. The zero-order valence-corrected chi connectivity index (χ0v) is 11.0. The van der Waals surface area contributed by atoms with E-state index in [-0.39, 0.29) is 12.1 Å². The van der Waals surface area contributed by atoms with Crippen molar-refractivity contribution in [1.82, 2.24) is 15.6 Å². The number of alkyl halides is 2. The molecule has 1 aliphatic rings. The Hall–Kier alpha value is -1.08. The summed E-state index contributed by atoms with van der Waals surface area (Å²) >= 11 is 3.13. The van der Waals surface area contributed by atoms with Crippen LogP contribution < -0.4 is 10.6 Å². The summed E-state index contributed by atoms with van der Waals surface area (Å²) in [5, 5.41) is 4.94. The van der Waals surface area contributed by atoms with Crippen LogP contribution >= 0.6 is 15.9 Å². The number of hydrogen-bond donors (Lipinski definition) is 2. The minimum absolute atomic E-state index is 0.124. The maximum atomic E-state index is 13.5. The van der Waals surface area contributed by atoms with E-state index in [2.05, 4.69) is 31.5 Å². The Morgan fingerprint density at radius 1 is 1.56 bits per heavy atom. The quantitative estimate of drug-likeness (QED) is 0.814. The number of nitrogens with one attached hydrogen (secondary N) is 2. The van der Waals surface area contributed by atoms with Crippen molar-refractivity contribution in [3.63, 3.8) is 0 Å². The van der Waals surface area contributed by atoms with Crippen molar-refractivity contribution in [2.24, 2.45) is 0 Å². The zero-order valence-electron chi connectivity index (χ0n) is 9.42. The number of rotatable bonds is 2. The molecule has 0 bridgehead atoms. The van der Waals surface area contributed by atoms with E-state index < -0.39 is 24.4 Å². The number of carbonyl (C=O) groups excluding carboxylic acids is 1. The maximum Gasteiger partial charge on any atom is 0.280 e. The molecular weight excluding hydrogens is 308 g/mol. The molecule has 1 unspecified atom stereocenters. The largest absolute Gasteiger partial charge is 0.342 e. The van der Waals surface area contributed by atoms with Crippen molar-refractivity contribution in [2.75, 3.05) is 13.1 Å². The van der Waals surface area contributed by atoms with Crippen LogP contribution in [0.5, 0.6) is 0 Å². The summed E-state index contributed by atoms with van der Waals surface area (Å²) in [5.74, 6) is -3.51. The molecule has 2 N–H and O–H groups in total. The van der Waals surface area contributed by atoms with E-state index in [4.69, 9.17) is 0 Å². The molecule has 1 amide bonds. The van der Waals surface area contributed by atoms with Crippen molar-refractivity contribution >= 4 is 21.8 Å². The molecule has 98 valence electrons. The first-order valence-corrected chi connectivity index (χ1v) is 6.30. The van der Waals surface area contributed by atoms with Gasteiger partial charge in [-0.05, 0) is 41.0 Å². The normalized spacial score (nSPS) is 22.5. The van der Waals surface area contributed by atoms with Gasteiger partial charge < -0.3 is 10.6 Å². The molecule has 1 aromatic rings. The van der Waals surface area contributed by atoms with Crippen LogP contribution in [0.25, 0.3) is 0 Å². The smallest absolute Gasteiger partial charge is 0.280 e. The van der Waals surface area contributed by atoms with E-state index in [0.717, 1.165) is 0 Å². The summed E-state index contributed by atoms with van der Waals surface area (Å²) in [7, 11) is 0. The molecule has 18 heavy (non-hydrogen) atoms. The third-order valence-electron chi connectivity index (χ3n) is 2.73. The highest BCUT2D eigenvalue weighted by Crippen LogP contribution is 2.23. The summed E-state index contributed by atoms with van der Waals surface area (Å²) in [6.07, 6.45) is 0.201. The lowest BCUT2D eigenvalue weighted by atomic mass is 10.0. The average molecular weight is 320 g/mol. The molecule has 0 radical (unpaired) electrons. The lowest BCUT2D eigenvalue weighted by Gasteiger charge is -2.32. The Bertz CT molecular complexity index is 456. The summed E-state index contributed by atoms with van der Waals surface area (Å²) in [5.41, 5.74) is 0.124. The van der Waals surface area contributed by atoms with E-state index in [1.165, 1.54) is 6.07 Å². The predicted molar refractivity (Wildman–Crippen MR) is 65.6 cm³/mol. The minimum atomic E-state index is -2.93. The molecule has 0 aliphatic carbocycles. The fourth-order valence-electron chi connectivity index (χ4n) is 1.78. The fourth-order valence-corrected chi connectivity index (χ4v) is 2.12. The molecule has 0 saturated carbocycles. The molecule has 2 heterocycles. The van der Waals surface area contributed by atoms with Gasteiger partial charge in [0.2, 0.25) is 0 Å². The number of carbonyl (C=O) groups is 1. The highest BCUT2D eigenvalue weighted by atomic mass is 79.9. The zero-order chi connectivity index (χ0) is 13.2. The first-order valence-electron chi connectivity index (χ1n) is 5.51. The first-order chi connectivity index (χ1) is 8.49. The van der Waals surface area contributed by atoms with Gasteiger partial charge in [0.15, 0.2) is 0 Å². The van der Waals surface area contributed by atoms with E-state index in [0.29, 0.717) is 11.1 Å². The van der Waals surface area contributed by atoms with Crippen LogP contribution in [0, 0.1) is 0 Å². The highest BCUT2D eigenvalue weighted by Gasteiger charge is 2.42. The van der Waals surface area contributed by atoms with Crippen molar-refractivity contribution in [1.29, 1.82) is 0 Å². The lowest BCUT2D eigenvalue weighted by Crippen LogP contribution is -2.57. The lowest BCUT2D eigenvalue weighted by molar-refractivity contribution is -0.0488. The number of halogens is 3. The van der Waals surface area contributed by atoms with Crippen LogP contribution in [0.3, 0.4) is 0 Å². The second kappa shape index (κ2) is 5.27. The van der Waals surface area contributed by atoms with Crippen LogP contribution in [0.2, 0.25) is 0 Å². The molecule has 7 heteroatoms. The minimum Gasteiger partial charge on any atom is -0.342 e. The standard InChI is InChI=1S/C11H12BrF2N3O/c12-9-3-1-2-7(16-9)10(18)17-8-4-5-15-6-11(8,13)14/h1-3,8,15H,4-6H2,(H,17,18). The molecule has 4 nitrogen and oxygen atoms in total. The topological polar surface area (TPSA) is 54.0 Å². The number of nitrogens with zero attached hydrogens (tertiary/aromatic N) is 1. The number of piperidine rings is 1. The van der Waals surface area contributed by atoms with E-state index in [9.17, 15) is 13.6 Å². The molecule has 1 aliphatic heterocycles. The molecule has 1 fully saturated rings. The molecule has 0 spiro atoms. The fraction of sp³-hybridized carbons (Fsp3) is 0.455. The van der Waals surface area contributed by atoms with Gasteiger partial charge in [0.1, 0.15) is 10.3 Å². The molecule has 2 rings (SSSR count).